The minimum absolute atomic E-state index is 0.00269. The van der Waals surface area contributed by atoms with Gasteiger partial charge in [0, 0.05) is 24.6 Å². The molecule has 1 aliphatic rings. The minimum atomic E-state index is -3.52. The number of sulfonamides is 1. The smallest absolute Gasteiger partial charge is 0.247 e. The molecule has 1 saturated heterocycles. The van der Waals surface area contributed by atoms with Crippen molar-refractivity contribution in [2.24, 2.45) is 0 Å². The van der Waals surface area contributed by atoms with Gasteiger partial charge in [-0.2, -0.15) is 4.31 Å². The molecule has 6 nitrogen and oxygen atoms in total. The van der Waals surface area contributed by atoms with Crippen molar-refractivity contribution in [1.82, 2.24) is 14.5 Å². The van der Waals surface area contributed by atoms with E-state index in [-0.39, 0.29) is 11.7 Å². The Kier molecular flexibility index (Phi) is 5.23. The molecule has 1 aromatic heterocycles. The van der Waals surface area contributed by atoms with Crippen LogP contribution in [0.2, 0.25) is 0 Å². The van der Waals surface area contributed by atoms with Gasteiger partial charge < -0.3 is 4.42 Å². The van der Waals surface area contributed by atoms with Crippen LogP contribution in [0.5, 0.6) is 0 Å². The van der Waals surface area contributed by atoms with E-state index >= 15 is 0 Å². The second-order valence-corrected chi connectivity index (χ2v) is 9.31. The Morgan fingerprint density at radius 3 is 2.34 bits per heavy atom. The zero-order valence-corrected chi connectivity index (χ0v) is 17.1. The fourth-order valence-corrected chi connectivity index (χ4v) is 5.03. The van der Waals surface area contributed by atoms with Crippen LogP contribution in [0, 0.1) is 19.7 Å². The van der Waals surface area contributed by atoms with Crippen molar-refractivity contribution >= 4 is 10.0 Å². The van der Waals surface area contributed by atoms with Crippen molar-refractivity contribution in [3.63, 3.8) is 0 Å². The van der Waals surface area contributed by atoms with Crippen molar-refractivity contribution in [2.45, 2.75) is 37.5 Å². The molecule has 2 aromatic carbocycles. The van der Waals surface area contributed by atoms with Crippen LogP contribution in [-0.2, 0) is 10.0 Å². The number of nitrogens with zero attached hydrogens (tertiary/aromatic N) is 3. The lowest BCUT2D eigenvalue weighted by molar-refractivity contribution is 0.291. The fraction of sp³-hybridized carbons (Fsp3) is 0.333. The maximum atomic E-state index is 13.1. The quantitative estimate of drug-likeness (QED) is 0.642. The van der Waals surface area contributed by atoms with Gasteiger partial charge >= 0.3 is 0 Å². The lowest BCUT2D eigenvalue weighted by Gasteiger charge is -2.29. The van der Waals surface area contributed by atoms with Gasteiger partial charge in [-0.3, -0.25) is 0 Å². The van der Waals surface area contributed by atoms with Gasteiger partial charge in [-0.15, -0.1) is 10.2 Å². The van der Waals surface area contributed by atoms with Gasteiger partial charge in [0.25, 0.3) is 0 Å². The minimum Gasteiger partial charge on any atom is -0.420 e. The monoisotopic (exact) mass is 415 g/mol. The Labute approximate surface area is 169 Å². The summed E-state index contributed by atoms with van der Waals surface area (Å²) in [6, 6.07) is 11.1. The average molecular weight is 415 g/mol. The van der Waals surface area contributed by atoms with Crippen molar-refractivity contribution in [3.05, 3.63) is 65.3 Å². The van der Waals surface area contributed by atoms with Crippen LogP contribution in [0.25, 0.3) is 11.5 Å². The SMILES string of the molecule is Cc1ccc(S(=O)(=O)N2CCC(c3nnc(-c4ccc(F)cc4)o3)CC2)cc1C. The molecule has 0 radical (unpaired) electrons. The lowest BCUT2D eigenvalue weighted by Crippen LogP contribution is -2.38. The van der Waals surface area contributed by atoms with Gasteiger partial charge in [0.15, 0.2) is 0 Å². The number of hydrogen-bond acceptors (Lipinski definition) is 5. The Bertz CT molecular complexity index is 1120. The number of benzene rings is 2. The molecule has 4 rings (SSSR count). The van der Waals surface area contributed by atoms with Crippen LogP contribution >= 0.6 is 0 Å². The van der Waals surface area contributed by atoms with Crippen LogP contribution in [0.4, 0.5) is 4.39 Å². The molecular formula is C21H22FN3O3S. The number of rotatable bonds is 4. The highest BCUT2D eigenvalue weighted by atomic mass is 32.2. The first-order valence-electron chi connectivity index (χ1n) is 9.51. The summed E-state index contributed by atoms with van der Waals surface area (Å²) in [5, 5.41) is 8.18. The molecule has 1 aliphatic heterocycles. The second-order valence-electron chi connectivity index (χ2n) is 7.38. The van der Waals surface area contributed by atoms with Gasteiger partial charge in [-0.25, -0.2) is 12.8 Å². The molecule has 3 aromatic rings. The first-order valence-corrected chi connectivity index (χ1v) is 11.0. The summed E-state index contributed by atoms with van der Waals surface area (Å²) in [5.41, 5.74) is 2.68. The number of aromatic nitrogens is 2. The number of aryl methyl sites for hydroxylation is 2. The average Bonchev–Trinajstić information content (AvgIpc) is 3.21. The van der Waals surface area contributed by atoms with E-state index in [1.54, 1.807) is 24.3 Å². The van der Waals surface area contributed by atoms with Crippen LogP contribution in [0.15, 0.2) is 51.8 Å². The van der Waals surface area contributed by atoms with E-state index in [4.69, 9.17) is 4.42 Å². The maximum Gasteiger partial charge on any atom is 0.247 e. The van der Waals surface area contributed by atoms with E-state index in [2.05, 4.69) is 10.2 Å². The molecule has 0 unspecified atom stereocenters. The largest absolute Gasteiger partial charge is 0.420 e. The summed E-state index contributed by atoms with van der Waals surface area (Å²) in [6.45, 7) is 4.67. The second kappa shape index (κ2) is 7.68. The van der Waals surface area contributed by atoms with Gasteiger partial charge in [0.2, 0.25) is 21.8 Å². The predicted molar refractivity (Wildman–Crippen MR) is 106 cm³/mol. The standard InChI is InChI=1S/C21H22FN3O3S/c1-14-3-8-19(13-15(14)2)29(26,27)25-11-9-17(10-12-25)21-24-23-20(28-21)16-4-6-18(22)7-5-16/h3-8,13,17H,9-12H2,1-2H3. The van der Waals surface area contributed by atoms with Crippen molar-refractivity contribution in [3.8, 4) is 11.5 Å². The Hall–Kier alpha value is -2.58. The van der Waals surface area contributed by atoms with Crippen LogP contribution < -0.4 is 0 Å². The summed E-state index contributed by atoms with van der Waals surface area (Å²) in [7, 11) is -3.52. The molecule has 2 heterocycles. The third kappa shape index (κ3) is 3.95. The molecule has 0 amide bonds. The third-order valence-corrected chi connectivity index (χ3v) is 7.35. The van der Waals surface area contributed by atoms with Gasteiger partial charge in [-0.05, 0) is 74.2 Å². The fourth-order valence-electron chi connectivity index (χ4n) is 3.48. The Morgan fingerprint density at radius 1 is 1.00 bits per heavy atom. The first kappa shape index (κ1) is 19.7. The molecule has 0 aliphatic carbocycles. The van der Waals surface area contributed by atoms with Gasteiger partial charge in [0.05, 0.1) is 4.90 Å². The van der Waals surface area contributed by atoms with Gasteiger partial charge in [0.1, 0.15) is 5.82 Å². The summed E-state index contributed by atoms with van der Waals surface area (Å²) < 4.78 is 46.3. The van der Waals surface area contributed by atoms with Crippen LogP contribution in [0.1, 0.15) is 35.8 Å². The predicted octanol–water partition coefficient (Wildman–Crippen LogP) is 4.06. The molecule has 0 saturated carbocycles. The molecule has 0 bridgehead atoms. The van der Waals surface area contributed by atoms with Crippen molar-refractivity contribution < 1.29 is 17.2 Å². The van der Waals surface area contributed by atoms with E-state index in [9.17, 15) is 12.8 Å². The summed E-state index contributed by atoms with van der Waals surface area (Å²) in [4.78, 5) is 0.329. The zero-order chi connectivity index (χ0) is 20.6. The van der Waals surface area contributed by atoms with Crippen molar-refractivity contribution in [2.75, 3.05) is 13.1 Å². The van der Waals surface area contributed by atoms with E-state index in [0.29, 0.717) is 48.2 Å². The zero-order valence-electron chi connectivity index (χ0n) is 16.3. The highest BCUT2D eigenvalue weighted by molar-refractivity contribution is 7.89. The normalized spacial score (nSPS) is 16.2. The summed E-state index contributed by atoms with van der Waals surface area (Å²) in [6.07, 6.45) is 1.21. The lowest BCUT2D eigenvalue weighted by atomic mass is 9.98. The Morgan fingerprint density at radius 2 is 1.69 bits per heavy atom. The summed E-state index contributed by atoms with van der Waals surface area (Å²) in [5.74, 6) is 0.506. The molecule has 1 fully saturated rings. The van der Waals surface area contributed by atoms with Gasteiger partial charge in [-0.1, -0.05) is 6.07 Å². The molecular weight excluding hydrogens is 393 g/mol. The molecule has 29 heavy (non-hydrogen) atoms. The van der Waals surface area contributed by atoms with E-state index in [1.165, 1.54) is 16.4 Å². The maximum absolute atomic E-state index is 13.1. The number of hydrogen-bond donors (Lipinski definition) is 0. The first-order chi connectivity index (χ1) is 13.8. The van der Waals surface area contributed by atoms with Crippen LogP contribution in [0.3, 0.4) is 0 Å². The highest BCUT2D eigenvalue weighted by Gasteiger charge is 2.32. The van der Waals surface area contributed by atoms with E-state index < -0.39 is 10.0 Å². The molecule has 0 atom stereocenters. The van der Waals surface area contributed by atoms with E-state index in [0.717, 1.165) is 11.1 Å². The number of piperidine rings is 1. The summed E-state index contributed by atoms with van der Waals surface area (Å²) >= 11 is 0. The number of halogens is 1. The molecule has 0 spiro atoms. The Balaban J connectivity index is 1.45. The highest BCUT2D eigenvalue weighted by Crippen LogP contribution is 2.32. The molecule has 152 valence electrons. The van der Waals surface area contributed by atoms with E-state index in [1.807, 2.05) is 19.9 Å². The third-order valence-electron chi connectivity index (χ3n) is 5.45. The molecule has 0 N–H and O–H groups in total. The van der Waals surface area contributed by atoms with Crippen molar-refractivity contribution in [1.29, 1.82) is 0 Å². The van der Waals surface area contributed by atoms with Crippen LogP contribution in [-0.4, -0.2) is 36.0 Å². The topological polar surface area (TPSA) is 76.3 Å². The molecule has 8 heteroatoms.